The van der Waals surface area contributed by atoms with Gasteiger partial charge in [-0.3, -0.25) is 0 Å². The fraction of sp³-hybridized carbons (Fsp3) is 0.500. The lowest BCUT2D eigenvalue weighted by Crippen LogP contribution is -2.25. The zero-order chi connectivity index (χ0) is 9.10. The highest BCUT2D eigenvalue weighted by Crippen LogP contribution is 2.10. The molecule has 1 aliphatic rings. The Morgan fingerprint density at radius 2 is 2.23 bits per heavy atom. The van der Waals surface area contributed by atoms with Gasteiger partial charge in [0.1, 0.15) is 0 Å². The molecular formula is C10H14N2O. The van der Waals surface area contributed by atoms with Gasteiger partial charge in [0.05, 0.1) is 13.2 Å². The second-order valence-electron chi connectivity index (χ2n) is 3.38. The van der Waals surface area contributed by atoms with Crippen molar-refractivity contribution >= 4 is 5.71 Å². The normalized spacial score (nSPS) is 26.5. The fourth-order valence-corrected chi connectivity index (χ4v) is 1.47. The Balaban J connectivity index is 2.14. The van der Waals surface area contributed by atoms with E-state index in [1.54, 1.807) is 0 Å². The van der Waals surface area contributed by atoms with Gasteiger partial charge in [0.25, 0.3) is 0 Å². The van der Waals surface area contributed by atoms with E-state index in [2.05, 4.69) is 12.0 Å². The summed E-state index contributed by atoms with van der Waals surface area (Å²) < 4.78 is 7.20. The van der Waals surface area contributed by atoms with E-state index in [0.29, 0.717) is 5.92 Å². The van der Waals surface area contributed by atoms with Gasteiger partial charge in [-0.1, -0.05) is 6.92 Å². The molecule has 13 heavy (non-hydrogen) atoms. The number of rotatable bonds is 1. The van der Waals surface area contributed by atoms with Crippen LogP contribution in [0.2, 0.25) is 0 Å². The summed E-state index contributed by atoms with van der Waals surface area (Å²) >= 11 is 0. The number of aromatic nitrogens is 1. The summed E-state index contributed by atoms with van der Waals surface area (Å²) in [6.45, 7) is 3.77. The Morgan fingerprint density at radius 1 is 1.46 bits per heavy atom. The van der Waals surface area contributed by atoms with Gasteiger partial charge in [0.2, 0.25) is 0 Å². The lowest BCUT2D eigenvalue weighted by molar-refractivity contribution is 0.110. The van der Waals surface area contributed by atoms with E-state index in [-0.39, 0.29) is 0 Å². The second kappa shape index (κ2) is 3.75. The topological polar surface area (TPSA) is 26.5 Å². The molecule has 0 radical (unpaired) electrons. The molecular weight excluding hydrogens is 164 g/mol. The predicted molar refractivity (Wildman–Crippen MR) is 51.9 cm³/mol. The molecule has 3 nitrogen and oxygen atoms in total. The van der Waals surface area contributed by atoms with Crippen LogP contribution in [-0.4, -0.2) is 23.6 Å². The first-order chi connectivity index (χ1) is 6.36. The summed E-state index contributed by atoms with van der Waals surface area (Å²) in [6.07, 6.45) is 4.86. The minimum atomic E-state index is 0.455. The Hall–Kier alpha value is -1.09. The van der Waals surface area contributed by atoms with Crippen LogP contribution in [0, 0.1) is 5.92 Å². The summed E-state index contributed by atoms with van der Waals surface area (Å²) in [5.74, 6) is 0.455. The van der Waals surface area contributed by atoms with Crippen LogP contribution < -0.4 is 0 Å². The van der Waals surface area contributed by atoms with Gasteiger partial charge in [-0.2, -0.15) is 5.10 Å². The van der Waals surface area contributed by atoms with Crippen LogP contribution in [0.5, 0.6) is 0 Å². The van der Waals surface area contributed by atoms with Crippen LogP contribution >= 0.6 is 0 Å². The molecule has 1 fully saturated rings. The SMILES string of the molecule is CC1COCC/C1=N\n1cccc1. The summed E-state index contributed by atoms with van der Waals surface area (Å²) in [5.41, 5.74) is 1.24. The number of hydrogen-bond donors (Lipinski definition) is 0. The summed E-state index contributed by atoms with van der Waals surface area (Å²) in [7, 11) is 0. The molecule has 0 spiro atoms. The smallest absolute Gasteiger partial charge is 0.0544 e. The van der Waals surface area contributed by atoms with E-state index in [0.717, 1.165) is 19.6 Å². The Morgan fingerprint density at radius 3 is 2.92 bits per heavy atom. The molecule has 1 saturated heterocycles. The Kier molecular flexibility index (Phi) is 2.45. The minimum Gasteiger partial charge on any atom is -0.380 e. The van der Waals surface area contributed by atoms with Gasteiger partial charge in [-0.05, 0) is 12.1 Å². The van der Waals surface area contributed by atoms with Crippen molar-refractivity contribution in [3.63, 3.8) is 0 Å². The maximum absolute atomic E-state index is 5.34. The van der Waals surface area contributed by atoms with Gasteiger partial charge < -0.3 is 4.74 Å². The average Bonchev–Trinajstić information content (AvgIpc) is 2.61. The number of hydrogen-bond acceptors (Lipinski definition) is 2. The van der Waals surface area contributed by atoms with Crippen molar-refractivity contribution < 1.29 is 4.74 Å². The van der Waals surface area contributed by atoms with Gasteiger partial charge in [-0.25, -0.2) is 4.68 Å². The monoisotopic (exact) mass is 178 g/mol. The van der Waals surface area contributed by atoms with Gasteiger partial charge in [0, 0.05) is 30.4 Å². The molecule has 2 heterocycles. The van der Waals surface area contributed by atoms with Crippen LogP contribution in [0.4, 0.5) is 0 Å². The third-order valence-electron chi connectivity index (χ3n) is 2.27. The van der Waals surface area contributed by atoms with E-state index < -0.39 is 0 Å². The van der Waals surface area contributed by atoms with Crippen LogP contribution in [0.3, 0.4) is 0 Å². The lowest BCUT2D eigenvalue weighted by atomic mass is 10.0. The summed E-state index contributed by atoms with van der Waals surface area (Å²) in [4.78, 5) is 0. The van der Waals surface area contributed by atoms with Gasteiger partial charge in [-0.15, -0.1) is 0 Å². The third-order valence-corrected chi connectivity index (χ3v) is 2.27. The molecule has 2 rings (SSSR count). The second-order valence-corrected chi connectivity index (χ2v) is 3.38. The first-order valence-corrected chi connectivity index (χ1v) is 4.65. The molecule has 0 aliphatic carbocycles. The summed E-state index contributed by atoms with van der Waals surface area (Å²) in [6, 6.07) is 3.96. The van der Waals surface area contributed by atoms with Crippen LogP contribution in [0.25, 0.3) is 0 Å². The molecule has 0 bridgehead atoms. The highest BCUT2D eigenvalue weighted by atomic mass is 16.5. The Labute approximate surface area is 78.0 Å². The number of nitrogens with zero attached hydrogens (tertiary/aromatic N) is 2. The van der Waals surface area contributed by atoms with Crippen LogP contribution in [0.15, 0.2) is 29.6 Å². The minimum absolute atomic E-state index is 0.455. The quantitative estimate of drug-likeness (QED) is 0.643. The van der Waals surface area contributed by atoms with Crippen molar-refractivity contribution in [1.29, 1.82) is 0 Å². The van der Waals surface area contributed by atoms with E-state index >= 15 is 0 Å². The molecule has 1 aromatic rings. The van der Waals surface area contributed by atoms with Gasteiger partial charge in [0.15, 0.2) is 0 Å². The molecule has 0 saturated carbocycles. The van der Waals surface area contributed by atoms with Crippen LogP contribution in [-0.2, 0) is 4.74 Å². The van der Waals surface area contributed by atoms with Crippen molar-refractivity contribution in [2.75, 3.05) is 13.2 Å². The van der Waals surface area contributed by atoms with Crippen molar-refractivity contribution in [3.8, 4) is 0 Å². The molecule has 3 heteroatoms. The zero-order valence-corrected chi connectivity index (χ0v) is 7.81. The number of ether oxygens (including phenoxy) is 1. The molecule has 0 amide bonds. The first-order valence-electron chi connectivity index (χ1n) is 4.65. The summed E-state index contributed by atoms with van der Waals surface area (Å²) in [5, 5.41) is 4.51. The van der Waals surface area contributed by atoms with E-state index in [1.807, 2.05) is 29.2 Å². The largest absolute Gasteiger partial charge is 0.380 e. The molecule has 1 aliphatic heterocycles. The highest BCUT2D eigenvalue weighted by Gasteiger charge is 2.16. The van der Waals surface area contributed by atoms with Crippen molar-refractivity contribution in [2.24, 2.45) is 11.0 Å². The third kappa shape index (κ3) is 1.98. The maximum atomic E-state index is 5.34. The van der Waals surface area contributed by atoms with Crippen LogP contribution in [0.1, 0.15) is 13.3 Å². The first kappa shape index (κ1) is 8.51. The highest BCUT2D eigenvalue weighted by molar-refractivity contribution is 5.87. The Bertz CT molecular complexity index is 290. The van der Waals surface area contributed by atoms with E-state index in [9.17, 15) is 0 Å². The van der Waals surface area contributed by atoms with Gasteiger partial charge >= 0.3 is 0 Å². The van der Waals surface area contributed by atoms with E-state index in [4.69, 9.17) is 4.74 Å². The molecule has 0 N–H and O–H groups in total. The predicted octanol–water partition coefficient (Wildman–Crippen LogP) is 1.75. The fourth-order valence-electron chi connectivity index (χ4n) is 1.47. The molecule has 1 unspecified atom stereocenters. The van der Waals surface area contributed by atoms with Crippen molar-refractivity contribution in [3.05, 3.63) is 24.5 Å². The lowest BCUT2D eigenvalue weighted by Gasteiger charge is -2.20. The molecule has 70 valence electrons. The maximum Gasteiger partial charge on any atom is 0.0544 e. The average molecular weight is 178 g/mol. The zero-order valence-electron chi connectivity index (χ0n) is 7.81. The van der Waals surface area contributed by atoms with E-state index in [1.165, 1.54) is 5.71 Å². The molecule has 1 atom stereocenters. The molecule has 1 aromatic heterocycles. The van der Waals surface area contributed by atoms with Crippen molar-refractivity contribution in [1.82, 2.24) is 4.68 Å². The van der Waals surface area contributed by atoms with Crippen molar-refractivity contribution in [2.45, 2.75) is 13.3 Å². The standard InChI is InChI=1S/C10H14N2O/c1-9-8-13-7-4-10(9)11-12-5-2-3-6-12/h2-3,5-6,9H,4,7-8H2,1H3/b11-10+. The molecule has 0 aromatic carbocycles.